The van der Waals surface area contributed by atoms with Crippen molar-refractivity contribution < 1.29 is 19.8 Å². The fraction of sp³-hybridized carbons (Fsp3) is 0.900. The van der Waals surface area contributed by atoms with E-state index in [1.807, 2.05) is 13.8 Å². The molecule has 0 saturated heterocycles. The Balaban J connectivity index is 4.81. The van der Waals surface area contributed by atoms with Crippen LogP contribution >= 0.6 is 0 Å². The van der Waals surface area contributed by atoms with Crippen LogP contribution in [0.4, 0.5) is 0 Å². The monoisotopic (exact) mass is 357 g/mol. The number of aliphatic hydroxyl groups excluding tert-OH is 1. The second kappa shape index (κ2) is 12.3. The van der Waals surface area contributed by atoms with Crippen molar-refractivity contribution in [2.24, 2.45) is 5.41 Å². The highest BCUT2D eigenvalue weighted by Gasteiger charge is 2.40. The second-order valence-corrected chi connectivity index (χ2v) is 7.84. The number of rotatable bonds is 14. The van der Waals surface area contributed by atoms with Gasteiger partial charge in [0, 0.05) is 13.5 Å². The summed E-state index contributed by atoms with van der Waals surface area (Å²) in [6, 6.07) is -0.825. The molecule has 5 heteroatoms. The number of hydrogen-bond acceptors (Lipinski definition) is 3. The van der Waals surface area contributed by atoms with E-state index in [0.29, 0.717) is 19.4 Å². The zero-order chi connectivity index (χ0) is 19.5. The number of carbonyl (C=O) groups is 2. The number of carbonyl (C=O) groups excluding carboxylic acids is 1. The Hall–Kier alpha value is -1.10. The third-order valence-corrected chi connectivity index (χ3v) is 4.94. The molecule has 0 aliphatic carbocycles. The van der Waals surface area contributed by atoms with E-state index in [4.69, 9.17) is 0 Å². The van der Waals surface area contributed by atoms with Gasteiger partial charge in [-0.2, -0.15) is 0 Å². The van der Waals surface area contributed by atoms with Crippen LogP contribution in [0.5, 0.6) is 0 Å². The molecule has 0 rings (SSSR count). The van der Waals surface area contributed by atoms with E-state index in [1.54, 1.807) is 0 Å². The molecule has 1 amide bonds. The smallest absolute Gasteiger partial charge is 0.326 e. The van der Waals surface area contributed by atoms with E-state index >= 15 is 0 Å². The molecule has 148 valence electrons. The van der Waals surface area contributed by atoms with E-state index < -0.39 is 17.4 Å². The van der Waals surface area contributed by atoms with Gasteiger partial charge in [-0.3, -0.25) is 4.79 Å². The van der Waals surface area contributed by atoms with Gasteiger partial charge in [0.2, 0.25) is 5.91 Å². The summed E-state index contributed by atoms with van der Waals surface area (Å²) < 4.78 is 0. The van der Waals surface area contributed by atoms with Crippen molar-refractivity contribution >= 4 is 11.9 Å². The first-order valence-electron chi connectivity index (χ1n) is 9.85. The lowest BCUT2D eigenvalue weighted by Crippen LogP contribution is -2.52. The van der Waals surface area contributed by atoms with Gasteiger partial charge in [0.25, 0.3) is 0 Å². The van der Waals surface area contributed by atoms with E-state index in [0.717, 1.165) is 44.9 Å². The molecule has 0 bridgehead atoms. The Morgan fingerprint density at radius 3 is 2.04 bits per heavy atom. The highest BCUT2D eigenvalue weighted by atomic mass is 16.4. The fourth-order valence-corrected chi connectivity index (χ4v) is 3.40. The van der Waals surface area contributed by atoms with E-state index in [9.17, 15) is 19.8 Å². The van der Waals surface area contributed by atoms with Crippen LogP contribution in [0.25, 0.3) is 0 Å². The number of hydrogen-bond donors (Lipinski definition) is 2. The summed E-state index contributed by atoms with van der Waals surface area (Å²) in [6.45, 7) is 9.88. The van der Waals surface area contributed by atoms with Crippen LogP contribution in [0.15, 0.2) is 0 Å². The molecule has 0 aromatic heterocycles. The number of amides is 1. The minimum Gasteiger partial charge on any atom is -0.480 e. The summed E-state index contributed by atoms with van der Waals surface area (Å²) in [5.41, 5.74) is -0.479. The lowest BCUT2D eigenvalue weighted by molar-refractivity contribution is -0.155. The molecule has 2 atom stereocenters. The van der Waals surface area contributed by atoms with E-state index in [2.05, 4.69) is 13.8 Å². The Bertz CT molecular complexity index is 395. The fourth-order valence-electron chi connectivity index (χ4n) is 3.40. The quantitative estimate of drug-likeness (QED) is 0.456. The lowest BCUT2D eigenvalue weighted by atomic mass is 9.78. The number of carboxylic acid groups (broad SMARTS) is 1. The predicted octanol–water partition coefficient (Wildman–Crippen LogP) is 4.23. The highest BCUT2D eigenvalue weighted by Crippen LogP contribution is 2.32. The molecule has 0 saturated carbocycles. The lowest BCUT2D eigenvalue weighted by Gasteiger charge is -2.39. The van der Waals surface area contributed by atoms with Crippen LogP contribution in [-0.2, 0) is 9.59 Å². The Morgan fingerprint density at radius 2 is 1.56 bits per heavy atom. The number of carboxylic acids is 1. The normalized spacial score (nSPS) is 14.2. The Kier molecular flexibility index (Phi) is 11.7. The molecule has 0 fully saturated rings. The molecule has 0 aromatic rings. The van der Waals surface area contributed by atoms with Crippen LogP contribution in [0.3, 0.4) is 0 Å². The molecule has 2 unspecified atom stereocenters. The van der Waals surface area contributed by atoms with Crippen molar-refractivity contribution in [1.82, 2.24) is 4.90 Å². The molecule has 0 heterocycles. The van der Waals surface area contributed by atoms with Crippen molar-refractivity contribution in [3.63, 3.8) is 0 Å². The zero-order valence-corrected chi connectivity index (χ0v) is 16.9. The van der Waals surface area contributed by atoms with Crippen molar-refractivity contribution in [2.75, 3.05) is 6.54 Å². The number of unbranched alkanes of at least 4 members (excludes halogenated alkanes) is 3. The molecule has 2 N–H and O–H groups in total. The molecule has 0 aliphatic rings. The topological polar surface area (TPSA) is 77.8 Å². The molecule has 0 aromatic carbocycles. The maximum atomic E-state index is 12.1. The number of aliphatic carboxylic acids is 1. The summed E-state index contributed by atoms with van der Waals surface area (Å²) in [4.78, 5) is 25.5. The number of nitrogens with zero attached hydrogens (tertiary/aromatic N) is 1. The summed E-state index contributed by atoms with van der Waals surface area (Å²) in [7, 11) is 0. The van der Waals surface area contributed by atoms with Crippen molar-refractivity contribution in [3.8, 4) is 0 Å². The second-order valence-electron chi connectivity index (χ2n) is 7.84. The molecule has 0 aliphatic heterocycles. The first-order valence-corrected chi connectivity index (χ1v) is 9.85. The minimum absolute atomic E-state index is 0.211. The van der Waals surface area contributed by atoms with Gasteiger partial charge >= 0.3 is 5.97 Å². The van der Waals surface area contributed by atoms with Crippen LogP contribution in [-0.4, -0.2) is 45.7 Å². The summed E-state index contributed by atoms with van der Waals surface area (Å²) >= 11 is 0. The van der Waals surface area contributed by atoms with Crippen LogP contribution in [0, 0.1) is 5.41 Å². The largest absolute Gasteiger partial charge is 0.480 e. The molecule has 0 spiro atoms. The SMILES string of the molecule is CCCCCC(O)CCCN(C(C)=O)C(C(=O)O)C(C)(C)CCCC. The average molecular weight is 358 g/mol. The Labute approximate surface area is 153 Å². The minimum atomic E-state index is -0.945. The van der Waals surface area contributed by atoms with Gasteiger partial charge in [-0.05, 0) is 31.1 Å². The third kappa shape index (κ3) is 9.24. The maximum absolute atomic E-state index is 12.1. The first kappa shape index (κ1) is 23.9. The van der Waals surface area contributed by atoms with Gasteiger partial charge in [-0.25, -0.2) is 4.79 Å². The summed E-state index contributed by atoms with van der Waals surface area (Å²) in [5.74, 6) is -1.16. The molecular formula is C20H39NO4. The molecule has 0 radical (unpaired) electrons. The van der Waals surface area contributed by atoms with Gasteiger partial charge < -0.3 is 15.1 Å². The molecule has 5 nitrogen and oxygen atoms in total. The summed E-state index contributed by atoms with van der Waals surface area (Å²) in [5, 5.41) is 19.8. The zero-order valence-electron chi connectivity index (χ0n) is 16.9. The van der Waals surface area contributed by atoms with Gasteiger partial charge in [-0.15, -0.1) is 0 Å². The van der Waals surface area contributed by atoms with Crippen LogP contribution < -0.4 is 0 Å². The van der Waals surface area contributed by atoms with Crippen molar-refractivity contribution in [3.05, 3.63) is 0 Å². The number of aliphatic hydroxyl groups is 1. The predicted molar refractivity (Wildman–Crippen MR) is 101 cm³/mol. The highest BCUT2D eigenvalue weighted by molar-refractivity contribution is 5.83. The molecular weight excluding hydrogens is 318 g/mol. The van der Waals surface area contributed by atoms with Gasteiger partial charge in [0.05, 0.1) is 6.10 Å². The molecule has 25 heavy (non-hydrogen) atoms. The van der Waals surface area contributed by atoms with Gasteiger partial charge in [0.15, 0.2) is 0 Å². The average Bonchev–Trinajstić information content (AvgIpc) is 2.51. The van der Waals surface area contributed by atoms with Crippen LogP contribution in [0.2, 0.25) is 0 Å². The first-order chi connectivity index (χ1) is 11.7. The summed E-state index contributed by atoms with van der Waals surface area (Å²) in [6.07, 6.45) is 7.60. The van der Waals surface area contributed by atoms with Crippen molar-refractivity contribution in [1.29, 1.82) is 0 Å². The standard InChI is InChI=1S/C20H39NO4/c1-6-8-10-12-17(23)13-11-15-21(16(3)22)18(19(24)25)20(4,5)14-9-7-2/h17-18,23H,6-15H2,1-5H3,(H,24,25). The van der Waals surface area contributed by atoms with Crippen LogP contribution in [0.1, 0.15) is 92.4 Å². The van der Waals surface area contributed by atoms with Gasteiger partial charge in [0.1, 0.15) is 6.04 Å². The van der Waals surface area contributed by atoms with E-state index in [-0.39, 0.29) is 12.0 Å². The third-order valence-electron chi connectivity index (χ3n) is 4.94. The maximum Gasteiger partial charge on any atom is 0.326 e. The van der Waals surface area contributed by atoms with E-state index in [1.165, 1.54) is 11.8 Å². The van der Waals surface area contributed by atoms with Crippen molar-refractivity contribution in [2.45, 2.75) is 105 Å². The Morgan fingerprint density at radius 1 is 1.00 bits per heavy atom. The van der Waals surface area contributed by atoms with Gasteiger partial charge in [-0.1, -0.05) is 59.8 Å².